The molecular weight excluding hydrogens is 258 g/mol. The van der Waals surface area contributed by atoms with Crippen LogP contribution in [-0.4, -0.2) is 13.7 Å². The van der Waals surface area contributed by atoms with Gasteiger partial charge in [-0.1, -0.05) is 42.8 Å². The molecule has 0 heterocycles. The maximum Gasteiger partial charge on any atom is 0.126 e. The standard InChI is InChI=1S/C19H25NO/c1-4-15(11-12-20)16-6-8-17(9-7-16)18-13-14(2)5-10-19(18)21-3/h5-10,13,15H,4,11-12,20H2,1-3H3. The zero-order valence-corrected chi connectivity index (χ0v) is 13.2. The van der Waals surface area contributed by atoms with Crippen LogP contribution in [0.3, 0.4) is 0 Å². The summed E-state index contributed by atoms with van der Waals surface area (Å²) in [5.74, 6) is 1.48. The SMILES string of the molecule is CCC(CCN)c1ccc(-c2cc(C)ccc2OC)cc1. The lowest BCUT2D eigenvalue weighted by atomic mass is 9.91. The molecule has 2 rings (SSSR count). The fraction of sp³-hybridized carbons (Fsp3) is 0.368. The largest absolute Gasteiger partial charge is 0.496 e. The van der Waals surface area contributed by atoms with E-state index in [0.717, 1.165) is 30.7 Å². The van der Waals surface area contributed by atoms with Crippen molar-refractivity contribution in [2.24, 2.45) is 5.73 Å². The first-order chi connectivity index (χ1) is 10.2. The summed E-state index contributed by atoms with van der Waals surface area (Å²) in [4.78, 5) is 0. The molecule has 0 aromatic heterocycles. The number of hydrogen-bond donors (Lipinski definition) is 1. The van der Waals surface area contributed by atoms with Crippen molar-refractivity contribution in [1.82, 2.24) is 0 Å². The van der Waals surface area contributed by atoms with Crippen LogP contribution in [0.25, 0.3) is 11.1 Å². The van der Waals surface area contributed by atoms with Crippen molar-refractivity contribution in [3.63, 3.8) is 0 Å². The molecule has 2 nitrogen and oxygen atoms in total. The number of aryl methyl sites for hydroxylation is 1. The lowest BCUT2D eigenvalue weighted by Gasteiger charge is -2.15. The average molecular weight is 283 g/mol. The van der Waals surface area contributed by atoms with Crippen LogP contribution in [0.4, 0.5) is 0 Å². The molecule has 0 aliphatic rings. The van der Waals surface area contributed by atoms with Gasteiger partial charge in [0.05, 0.1) is 7.11 Å². The molecule has 0 fully saturated rings. The van der Waals surface area contributed by atoms with E-state index in [9.17, 15) is 0 Å². The van der Waals surface area contributed by atoms with Gasteiger partial charge in [-0.05, 0) is 55.5 Å². The Morgan fingerprint density at radius 2 is 1.81 bits per heavy atom. The third-order valence-corrected chi connectivity index (χ3v) is 4.06. The molecule has 0 radical (unpaired) electrons. The van der Waals surface area contributed by atoms with E-state index in [4.69, 9.17) is 10.5 Å². The average Bonchev–Trinajstić information content (AvgIpc) is 2.53. The third kappa shape index (κ3) is 3.64. The van der Waals surface area contributed by atoms with Crippen LogP contribution in [0, 0.1) is 6.92 Å². The number of rotatable bonds is 6. The second-order valence-electron chi connectivity index (χ2n) is 5.51. The van der Waals surface area contributed by atoms with Gasteiger partial charge in [0.1, 0.15) is 5.75 Å². The normalized spacial score (nSPS) is 12.2. The van der Waals surface area contributed by atoms with Crippen molar-refractivity contribution in [2.75, 3.05) is 13.7 Å². The first kappa shape index (κ1) is 15.6. The van der Waals surface area contributed by atoms with E-state index < -0.39 is 0 Å². The van der Waals surface area contributed by atoms with E-state index in [2.05, 4.69) is 50.2 Å². The van der Waals surface area contributed by atoms with Crippen LogP contribution >= 0.6 is 0 Å². The highest BCUT2D eigenvalue weighted by Crippen LogP contribution is 2.32. The summed E-state index contributed by atoms with van der Waals surface area (Å²) in [6.45, 7) is 5.06. The molecule has 0 aliphatic carbocycles. The molecule has 1 atom stereocenters. The number of nitrogens with two attached hydrogens (primary N) is 1. The van der Waals surface area contributed by atoms with Gasteiger partial charge in [-0.3, -0.25) is 0 Å². The Morgan fingerprint density at radius 3 is 2.38 bits per heavy atom. The summed E-state index contributed by atoms with van der Waals surface area (Å²) >= 11 is 0. The molecule has 112 valence electrons. The van der Waals surface area contributed by atoms with Crippen LogP contribution in [0.15, 0.2) is 42.5 Å². The highest BCUT2D eigenvalue weighted by atomic mass is 16.5. The molecule has 2 N–H and O–H groups in total. The Hall–Kier alpha value is -1.80. The molecule has 2 aromatic carbocycles. The van der Waals surface area contributed by atoms with E-state index in [1.165, 1.54) is 16.7 Å². The molecule has 0 saturated heterocycles. The highest BCUT2D eigenvalue weighted by Gasteiger charge is 2.10. The molecule has 0 spiro atoms. The smallest absolute Gasteiger partial charge is 0.126 e. The van der Waals surface area contributed by atoms with E-state index in [0.29, 0.717) is 5.92 Å². The Morgan fingerprint density at radius 1 is 1.10 bits per heavy atom. The Balaban J connectivity index is 2.32. The van der Waals surface area contributed by atoms with Crippen molar-refractivity contribution in [3.8, 4) is 16.9 Å². The quantitative estimate of drug-likeness (QED) is 0.846. The fourth-order valence-corrected chi connectivity index (χ4v) is 2.79. The van der Waals surface area contributed by atoms with Crippen molar-refractivity contribution in [1.29, 1.82) is 0 Å². The van der Waals surface area contributed by atoms with Crippen LogP contribution < -0.4 is 10.5 Å². The minimum Gasteiger partial charge on any atom is -0.496 e. The predicted molar refractivity (Wildman–Crippen MR) is 89.9 cm³/mol. The lowest BCUT2D eigenvalue weighted by Crippen LogP contribution is -2.06. The zero-order valence-electron chi connectivity index (χ0n) is 13.2. The van der Waals surface area contributed by atoms with Crippen molar-refractivity contribution in [3.05, 3.63) is 53.6 Å². The topological polar surface area (TPSA) is 35.2 Å². The van der Waals surface area contributed by atoms with Crippen LogP contribution in [0.2, 0.25) is 0 Å². The molecule has 0 aliphatic heterocycles. The lowest BCUT2D eigenvalue weighted by molar-refractivity contribution is 0.416. The van der Waals surface area contributed by atoms with E-state index in [1.54, 1.807) is 7.11 Å². The number of hydrogen-bond acceptors (Lipinski definition) is 2. The minimum absolute atomic E-state index is 0.559. The van der Waals surface area contributed by atoms with Gasteiger partial charge in [0, 0.05) is 5.56 Å². The maximum atomic E-state index is 5.70. The summed E-state index contributed by atoms with van der Waals surface area (Å²) in [6.07, 6.45) is 2.17. The Kier molecular flexibility index (Phi) is 5.40. The van der Waals surface area contributed by atoms with Gasteiger partial charge in [0.15, 0.2) is 0 Å². The second-order valence-corrected chi connectivity index (χ2v) is 5.51. The first-order valence-electron chi connectivity index (χ1n) is 7.64. The molecule has 2 aromatic rings. The predicted octanol–water partition coefficient (Wildman–Crippen LogP) is 4.51. The molecule has 2 heteroatoms. The van der Waals surface area contributed by atoms with E-state index >= 15 is 0 Å². The first-order valence-corrected chi connectivity index (χ1v) is 7.64. The number of methoxy groups -OCH3 is 1. The molecule has 1 unspecified atom stereocenters. The third-order valence-electron chi connectivity index (χ3n) is 4.06. The van der Waals surface area contributed by atoms with Gasteiger partial charge in [-0.25, -0.2) is 0 Å². The molecular formula is C19H25NO. The van der Waals surface area contributed by atoms with Gasteiger partial charge in [-0.15, -0.1) is 0 Å². The number of ether oxygens (including phenoxy) is 1. The monoisotopic (exact) mass is 283 g/mol. The van der Waals surface area contributed by atoms with Gasteiger partial charge in [-0.2, -0.15) is 0 Å². The highest BCUT2D eigenvalue weighted by molar-refractivity contribution is 5.71. The summed E-state index contributed by atoms with van der Waals surface area (Å²) in [6, 6.07) is 15.1. The van der Waals surface area contributed by atoms with Crippen molar-refractivity contribution in [2.45, 2.75) is 32.6 Å². The second kappa shape index (κ2) is 7.28. The van der Waals surface area contributed by atoms with Crippen LogP contribution in [0.5, 0.6) is 5.75 Å². The van der Waals surface area contributed by atoms with Crippen LogP contribution in [-0.2, 0) is 0 Å². The van der Waals surface area contributed by atoms with E-state index in [1.807, 2.05) is 6.07 Å². The zero-order chi connectivity index (χ0) is 15.2. The summed E-state index contributed by atoms with van der Waals surface area (Å²) in [7, 11) is 1.72. The number of benzene rings is 2. The molecule has 0 amide bonds. The van der Waals surface area contributed by atoms with Crippen LogP contribution in [0.1, 0.15) is 36.8 Å². The maximum absolute atomic E-state index is 5.70. The van der Waals surface area contributed by atoms with Gasteiger partial charge in [0.25, 0.3) is 0 Å². The van der Waals surface area contributed by atoms with Crippen molar-refractivity contribution >= 4 is 0 Å². The summed E-state index contributed by atoms with van der Waals surface area (Å²) in [5, 5.41) is 0. The van der Waals surface area contributed by atoms with Crippen molar-refractivity contribution < 1.29 is 4.74 Å². The van der Waals surface area contributed by atoms with E-state index in [-0.39, 0.29) is 0 Å². The van der Waals surface area contributed by atoms with Gasteiger partial charge >= 0.3 is 0 Å². The Bertz CT molecular complexity index is 575. The molecule has 0 saturated carbocycles. The fourth-order valence-electron chi connectivity index (χ4n) is 2.79. The Labute approximate surface area is 127 Å². The molecule has 21 heavy (non-hydrogen) atoms. The molecule has 0 bridgehead atoms. The summed E-state index contributed by atoms with van der Waals surface area (Å²) in [5.41, 5.74) is 10.7. The minimum atomic E-state index is 0.559. The van der Waals surface area contributed by atoms with Gasteiger partial charge in [0.2, 0.25) is 0 Å². The summed E-state index contributed by atoms with van der Waals surface area (Å²) < 4.78 is 5.48. The van der Waals surface area contributed by atoms with Gasteiger partial charge < -0.3 is 10.5 Å².